The molecule has 32 heavy (non-hydrogen) atoms. The Hall–Kier alpha value is -3.17. The molecule has 0 unspecified atom stereocenters. The molecule has 0 radical (unpaired) electrons. The quantitative estimate of drug-likeness (QED) is 0.258. The summed E-state index contributed by atoms with van der Waals surface area (Å²) in [7, 11) is 0. The van der Waals surface area contributed by atoms with E-state index in [0.717, 1.165) is 17.0 Å². The van der Waals surface area contributed by atoms with E-state index in [0.29, 0.717) is 0 Å². The third-order valence-electron chi connectivity index (χ3n) is 6.64. The van der Waals surface area contributed by atoms with E-state index < -0.39 is 0 Å². The number of fused-ring (bicyclic) bond motifs is 6. The Balaban J connectivity index is 1.71. The molecule has 0 atom stereocenters. The third kappa shape index (κ3) is 2.74. The molecule has 3 heteroatoms. The summed E-state index contributed by atoms with van der Waals surface area (Å²) in [6.45, 7) is 11.0. The molecule has 0 aliphatic rings. The zero-order valence-corrected chi connectivity index (χ0v) is 19.9. The van der Waals surface area contributed by atoms with Crippen LogP contribution in [0, 0.1) is 13.8 Å². The molecule has 0 amide bonds. The maximum Gasteiger partial charge on any atom is 0.143 e. The molecule has 3 aromatic carbocycles. The summed E-state index contributed by atoms with van der Waals surface area (Å²) >= 11 is 1.81. The van der Waals surface area contributed by atoms with Crippen molar-refractivity contribution in [3.05, 3.63) is 77.7 Å². The molecule has 0 saturated carbocycles. The minimum absolute atomic E-state index is 0.0407. The zero-order chi connectivity index (χ0) is 22.2. The molecule has 0 spiro atoms. The lowest BCUT2D eigenvalue weighted by Crippen LogP contribution is -2.12. The highest BCUT2D eigenvalue weighted by atomic mass is 32.1. The number of rotatable bonds is 1. The predicted octanol–water partition coefficient (Wildman–Crippen LogP) is 8.93. The van der Waals surface area contributed by atoms with Gasteiger partial charge in [-0.05, 0) is 71.5 Å². The molecule has 0 fully saturated rings. The molecule has 0 saturated heterocycles. The van der Waals surface area contributed by atoms with Crippen LogP contribution in [0.2, 0.25) is 0 Å². The van der Waals surface area contributed by atoms with Gasteiger partial charge in [-0.2, -0.15) is 0 Å². The molecule has 3 heterocycles. The lowest BCUT2D eigenvalue weighted by Gasteiger charge is -2.22. The van der Waals surface area contributed by atoms with Gasteiger partial charge in [0.05, 0.1) is 10.4 Å². The third-order valence-corrected chi connectivity index (χ3v) is 7.81. The molecule has 0 aliphatic heterocycles. The van der Waals surface area contributed by atoms with Gasteiger partial charge in [0.25, 0.3) is 0 Å². The fourth-order valence-electron chi connectivity index (χ4n) is 4.86. The van der Waals surface area contributed by atoms with Gasteiger partial charge in [0.2, 0.25) is 0 Å². The predicted molar refractivity (Wildman–Crippen MR) is 138 cm³/mol. The first-order valence-corrected chi connectivity index (χ1v) is 11.9. The highest BCUT2D eigenvalue weighted by Gasteiger charge is 2.21. The van der Waals surface area contributed by atoms with Crippen LogP contribution in [0.5, 0.6) is 0 Å². The van der Waals surface area contributed by atoms with Gasteiger partial charge in [-0.25, -0.2) is 0 Å². The summed E-state index contributed by atoms with van der Waals surface area (Å²) in [4.78, 5) is 4.89. The van der Waals surface area contributed by atoms with Crippen molar-refractivity contribution in [1.29, 1.82) is 0 Å². The van der Waals surface area contributed by atoms with Crippen molar-refractivity contribution in [2.75, 3.05) is 0 Å². The van der Waals surface area contributed by atoms with Crippen molar-refractivity contribution in [3.8, 4) is 11.3 Å². The fraction of sp³-hybridized carbons (Fsp3) is 0.207. The van der Waals surface area contributed by atoms with Crippen molar-refractivity contribution < 1.29 is 4.42 Å². The molecule has 0 aliphatic carbocycles. The van der Waals surface area contributed by atoms with Crippen LogP contribution in [0.3, 0.4) is 0 Å². The molecule has 0 bridgehead atoms. The first-order valence-electron chi connectivity index (χ1n) is 11.1. The van der Waals surface area contributed by atoms with E-state index in [1.165, 1.54) is 53.0 Å². The number of furan rings is 1. The number of benzene rings is 3. The average molecular weight is 436 g/mol. The standard InChI is InChI=1S/C29H25NOS/c1-16-17(2)31-27-20(16)10-11-24-25(27)22-12-13-30-26(28(22)32-24)19-14-18-8-6-7-9-21(18)23(15-19)29(3,4)5/h6-15H,1-5H3. The maximum absolute atomic E-state index is 6.23. The minimum atomic E-state index is 0.0407. The van der Waals surface area contributed by atoms with E-state index in [2.05, 4.69) is 82.3 Å². The van der Waals surface area contributed by atoms with Gasteiger partial charge in [0, 0.05) is 32.6 Å². The summed E-state index contributed by atoms with van der Waals surface area (Å²) in [6.07, 6.45) is 1.94. The summed E-state index contributed by atoms with van der Waals surface area (Å²) in [5.41, 5.74) is 5.83. The van der Waals surface area contributed by atoms with Gasteiger partial charge in [0.1, 0.15) is 11.3 Å². The Morgan fingerprint density at radius 3 is 2.50 bits per heavy atom. The lowest BCUT2D eigenvalue weighted by molar-refractivity contribution is 0.578. The molecule has 6 rings (SSSR count). The summed E-state index contributed by atoms with van der Waals surface area (Å²) < 4.78 is 8.69. The van der Waals surface area contributed by atoms with Crippen molar-refractivity contribution >= 4 is 53.3 Å². The highest BCUT2D eigenvalue weighted by Crippen LogP contribution is 2.44. The molecular formula is C29H25NOS. The molecule has 158 valence electrons. The van der Waals surface area contributed by atoms with E-state index in [9.17, 15) is 0 Å². The van der Waals surface area contributed by atoms with Crippen molar-refractivity contribution in [3.63, 3.8) is 0 Å². The van der Waals surface area contributed by atoms with Crippen LogP contribution >= 0.6 is 11.3 Å². The van der Waals surface area contributed by atoms with Gasteiger partial charge in [-0.1, -0.05) is 45.0 Å². The zero-order valence-electron chi connectivity index (χ0n) is 19.0. The highest BCUT2D eigenvalue weighted by molar-refractivity contribution is 7.26. The topological polar surface area (TPSA) is 26.0 Å². The molecule has 2 nitrogen and oxygen atoms in total. The van der Waals surface area contributed by atoms with Crippen LogP contribution in [0.15, 0.2) is 65.2 Å². The Kier molecular flexibility index (Phi) is 4.06. The van der Waals surface area contributed by atoms with Crippen molar-refractivity contribution in [2.45, 2.75) is 40.0 Å². The summed E-state index contributed by atoms with van der Waals surface area (Å²) in [5, 5.41) is 6.21. The largest absolute Gasteiger partial charge is 0.460 e. The van der Waals surface area contributed by atoms with Crippen molar-refractivity contribution in [2.24, 2.45) is 0 Å². The van der Waals surface area contributed by atoms with Crippen molar-refractivity contribution in [1.82, 2.24) is 4.98 Å². The van der Waals surface area contributed by atoms with Gasteiger partial charge in [-0.15, -0.1) is 11.3 Å². The van der Waals surface area contributed by atoms with Crippen LogP contribution in [0.1, 0.15) is 37.7 Å². The van der Waals surface area contributed by atoms with E-state index in [1.54, 1.807) is 0 Å². The van der Waals surface area contributed by atoms with Gasteiger partial charge >= 0.3 is 0 Å². The Bertz CT molecular complexity index is 1680. The number of aromatic nitrogens is 1. The normalized spacial score (nSPS) is 12.5. The maximum atomic E-state index is 6.23. The second-order valence-electron chi connectivity index (χ2n) is 9.73. The molecule has 0 N–H and O–H groups in total. The molecule has 3 aromatic heterocycles. The van der Waals surface area contributed by atoms with Crippen LogP contribution < -0.4 is 0 Å². The van der Waals surface area contributed by atoms with Crippen LogP contribution in [-0.2, 0) is 5.41 Å². The SMILES string of the molecule is Cc1oc2c(ccc3sc4c(-c5cc(C(C)(C)C)c6ccccc6c5)nccc4c32)c1C. The molecular weight excluding hydrogens is 410 g/mol. The second-order valence-corrected chi connectivity index (χ2v) is 10.8. The van der Waals surface area contributed by atoms with Gasteiger partial charge in [-0.3, -0.25) is 4.98 Å². The fourth-order valence-corrected chi connectivity index (χ4v) is 6.07. The van der Waals surface area contributed by atoms with Gasteiger partial charge in [0.15, 0.2) is 0 Å². The Labute approximate surface area is 191 Å². The van der Waals surface area contributed by atoms with E-state index >= 15 is 0 Å². The minimum Gasteiger partial charge on any atom is -0.460 e. The van der Waals surface area contributed by atoms with E-state index in [4.69, 9.17) is 9.40 Å². The summed E-state index contributed by atoms with van der Waals surface area (Å²) in [6, 6.07) is 19.9. The first-order chi connectivity index (χ1) is 15.3. The van der Waals surface area contributed by atoms with Gasteiger partial charge < -0.3 is 4.42 Å². The Morgan fingerprint density at radius 1 is 0.875 bits per heavy atom. The monoisotopic (exact) mass is 435 g/mol. The number of hydrogen-bond donors (Lipinski definition) is 0. The van der Waals surface area contributed by atoms with Crippen LogP contribution in [0.25, 0.3) is 53.2 Å². The number of hydrogen-bond acceptors (Lipinski definition) is 3. The Morgan fingerprint density at radius 2 is 1.69 bits per heavy atom. The number of thiophene rings is 1. The number of aryl methyl sites for hydroxylation is 2. The van der Waals surface area contributed by atoms with E-state index in [-0.39, 0.29) is 5.41 Å². The van der Waals surface area contributed by atoms with Crippen LogP contribution in [0.4, 0.5) is 0 Å². The number of pyridine rings is 1. The average Bonchev–Trinajstić information content (AvgIpc) is 3.29. The molecule has 6 aromatic rings. The van der Waals surface area contributed by atoms with E-state index in [1.807, 2.05) is 24.5 Å². The van der Waals surface area contributed by atoms with Crippen LogP contribution in [-0.4, -0.2) is 4.98 Å². The first kappa shape index (κ1) is 19.5. The smallest absolute Gasteiger partial charge is 0.143 e. The number of nitrogens with zero attached hydrogens (tertiary/aromatic N) is 1. The summed E-state index contributed by atoms with van der Waals surface area (Å²) in [5.74, 6) is 0.991. The lowest BCUT2D eigenvalue weighted by atomic mass is 9.82. The second kappa shape index (κ2) is 6.66.